The summed E-state index contributed by atoms with van der Waals surface area (Å²) in [6.45, 7) is 9.17. The molecular weight excluding hydrogens is 637 g/mol. The smallest absolute Gasteiger partial charge is 0.0159 e. The van der Waals surface area contributed by atoms with E-state index in [0.717, 1.165) is 0 Å². The molecule has 0 unspecified atom stereocenters. The van der Waals surface area contributed by atoms with Crippen LogP contribution in [0.25, 0.3) is 88.0 Å². The zero-order valence-electron chi connectivity index (χ0n) is 30.7. The van der Waals surface area contributed by atoms with Crippen molar-refractivity contribution in [2.45, 2.75) is 33.1 Å². The van der Waals surface area contributed by atoms with Crippen LogP contribution in [0.5, 0.6) is 0 Å². The van der Waals surface area contributed by atoms with Crippen LogP contribution in [0.2, 0.25) is 0 Å². The molecule has 0 saturated carbocycles. The van der Waals surface area contributed by atoms with Crippen molar-refractivity contribution in [3.05, 3.63) is 192 Å². The van der Waals surface area contributed by atoms with Gasteiger partial charge in [-0.3, -0.25) is 0 Å². The molecule has 0 fully saturated rings. The summed E-state index contributed by atoms with van der Waals surface area (Å²) in [5, 5.41) is 7.69. The first-order valence-corrected chi connectivity index (χ1v) is 18.8. The van der Waals surface area contributed by atoms with Crippen LogP contribution in [0, 0.1) is 13.8 Å². The van der Waals surface area contributed by atoms with Gasteiger partial charge in [0.15, 0.2) is 0 Å². The Balaban J connectivity index is 1.15. The van der Waals surface area contributed by atoms with Crippen LogP contribution in [0.1, 0.15) is 36.1 Å². The van der Waals surface area contributed by atoms with Gasteiger partial charge in [0, 0.05) is 5.41 Å². The second-order valence-electron chi connectivity index (χ2n) is 15.4. The van der Waals surface area contributed by atoms with Gasteiger partial charge in [0.2, 0.25) is 0 Å². The van der Waals surface area contributed by atoms with Crippen LogP contribution < -0.4 is 0 Å². The Labute approximate surface area is 312 Å². The number of hydrogen-bond donors (Lipinski definition) is 0. The maximum Gasteiger partial charge on any atom is 0.0159 e. The van der Waals surface area contributed by atoms with Gasteiger partial charge in [0.25, 0.3) is 0 Å². The van der Waals surface area contributed by atoms with Crippen molar-refractivity contribution in [3.63, 3.8) is 0 Å². The molecule has 0 heteroatoms. The first-order valence-electron chi connectivity index (χ1n) is 18.8. The first kappa shape index (κ1) is 31.5. The lowest BCUT2D eigenvalue weighted by Gasteiger charge is -2.22. The highest BCUT2D eigenvalue weighted by Crippen LogP contribution is 2.51. The van der Waals surface area contributed by atoms with E-state index in [0.29, 0.717) is 0 Å². The molecule has 0 amide bonds. The van der Waals surface area contributed by atoms with Crippen molar-refractivity contribution < 1.29 is 0 Å². The molecule has 0 atom stereocenters. The predicted molar refractivity (Wildman–Crippen MR) is 228 cm³/mol. The third-order valence-corrected chi connectivity index (χ3v) is 11.9. The summed E-state index contributed by atoms with van der Waals surface area (Å²) >= 11 is 0. The number of fused-ring (bicyclic) bond motifs is 6. The van der Waals surface area contributed by atoms with Crippen LogP contribution in [0.4, 0.5) is 0 Å². The summed E-state index contributed by atoms with van der Waals surface area (Å²) in [4.78, 5) is 0. The Morgan fingerprint density at radius 1 is 0.321 bits per heavy atom. The van der Waals surface area contributed by atoms with Crippen molar-refractivity contribution in [1.29, 1.82) is 0 Å². The fourth-order valence-electron chi connectivity index (χ4n) is 9.16. The summed E-state index contributed by atoms with van der Waals surface area (Å²) in [7, 11) is 0. The van der Waals surface area contributed by atoms with Crippen molar-refractivity contribution >= 4 is 32.3 Å². The van der Waals surface area contributed by atoms with E-state index in [2.05, 4.69) is 198 Å². The molecule has 0 spiro atoms. The highest BCUT2D eigenvalue weighted by molar-refractivity contribution is 6.21. The predicted octanol–water partition coefficient (Wildman–Crippen LogP) is 14.7. The van der Waals surface area contributed by atoms with Crippen LogP contribution in [-0.2, 0) is 5.41 Å². The molecule has 1 aliphatic rings. The lowest BCUT2D eigenvalue weighted by atomic mass is 9.81. The van der Waals surface area contributed by atoms with Crippen molar-refractivity contribution in [2.75, 3.05) is 0 Å². The Morgan fingerprint density at radius 2 is 0.811 bits per heavy atom. The van der Waals surface area contributed by atoms with E-state index < -0.39 is 0 Å². The Bertz CT molecular complexity index is 2880. The Hall–Kier alpha value is -6.24. The minimum absolute atomic E-state index is 0.0488. The van der Waals surface area contributed by atoms with Gasteiger partial charge in [-0.15, -0.1) is 0 Å². The Kier molecular flexibility index (Phi) is 7.07. The SMILES string of the molecule is Cc1ccccc1-c1cc(-c2c3ccccc3c(-c3cccc(-c4ccc5c(c4)-c4cc6ccccc6cc4C5(C)C)c3)c3ccccc23)ccc1C. The molecule has 1 aliphatic carbocycles. The van der Waals surface area contributed by atoms with Crippen LogP contribution >= 0.6 is 0 Å². The third kappa shape index (κ3) is 4.90. The lowest BCUT2D eigenvalue weighted by Crippen LogP contribution is -2.14. The third-order valence-electron chi connectivity index (χ3n) is 11.9. The van der Waals surface area contributed by atoms with Gasteiger partial charge in [-0.1, -0.05) is 153 Å². The molecule has 0 radical (unpaired) electrons. The van der Waals surface area contributed by atoms with E-state index in [-0.39, 0.29) is 5.41 Å². The molecule has 0 bridgehead atoms. The van der Waals surface area contributed by atoms with Gasteiger partial charge in [0.05, 0.1) is 0 Å². The van der Waals surface area contributed by atoms with E-state index in [4.69, 9.17) is 0 Å². The Morgan fingerprint density at radius 3 is 1.49 bits per heavy atom. The number of benzene rings is 9. The zero-order chi connectivity index (χ0) is 35.8. The molecule has 0 heterocycles. The molecule has 0 N–H and O–H groups in total. The molecule has 10 rings (SSSR count). The molecule has 53 heavy (non-hydrogen) atoms. The van der Waals surface area contributed by atoms with Gasteiger partial charge in [-0.2, -0.15) is 0 Å². The normalized spacial score (nSPS) is 13.1. The second kappa shape index (κ2) is 11.9. The quantitative estimate of drug-likeness (QED) is 0.163. The number of aryl methyl sites for hydroxylation is 2. The highest BCUT2D eigenvalue weighted by atomic mass is 14.4. The van der Waals surface area contributed by atoms with E-state index in [9.17, 15) is 0 Å². The van der Waals surface area contributed by atoms with Gasteiger partial charge >= 0.3 is 0 Å². The van der Waals surface area contributed by atoms with Crippen LogP contribution in [0.15, 0.2) is 170 Å². The minimum atomic E-state index is -0.0488. The zero-order valence-corrected chi connectivity index (χ0v) is 30.7. The summed E-state index contributed by atoms with van der Waals surface area (Å²) in [6, 6.07) is 63.6. The van der Waals surface area contributed by atoms with E-state index in [1.165, 1.54) is 110 Å². The maximum atomic E-state index is 2.43. The molecule has 9 aromatic rings. The standard InChI is InChI=1S/C53H40/c1-33-14-5-8-19-41(33)46-31-40(25-24-34(46)2)52-44-22-11-9-20-42(44)51(43-21-10-12-23-45(43)52)39-18-13-17-35(28-39)38-26-27-49-47(30-38)48-29-36-15-6-7-16-37(36)32-50(48)53(49,3)4/h5-32H,1-4H3. The van der Waals surface area contributed by atoms with Gasteiger partial charge in [-0.05, 0) is 154 Å². The average Bonchev–Trinajstić information content (AvgIpc) is 3.41. The highest BCUT2D eigenvalue weighted by Gasteiger charge is 2.35. The van der Waals surface area contributed by atoms with Crippen LogP contribution in [-0.4, -0.2) is 0 Å². The molecule has 0 aliphatic heterocycles. The second-order valence-corrected chi connectivity index (χ2v) is 15.4. The molecular formula is C53H40. The molecule has 0 saturated heterocycles. The molecule has 9 aromatic carbocycles. The van der Waals surface area contributed by atoms with Gasteiger partial charge in [-0.25, -0.2) is 0 Å². The molecule has 252 valence electrons. The van der Waals surface area contributed by atoms with Crippen molar-refractivity contribution in [2.24, 2.45) is 0 Å². The van der Waals surface area contributed by atoms with Crippen molar-refractivity contribution in [1.82, 2.24) is 0 Å². The maximum absolute atomic E-state index is 2.43. The topological polar surface area (TPSA) is 0 Å². The lowest BCUT2D eigenvalue weighted by molar-refractivity contribution is 0.661. The summed E-state index contributed by atoms with van der Waals surface area (Å²) in [6.07, 6.45) is 0. The fourth-order valence-corrected chi connectivity index (χ4v) is 9.16. The fraction of sp³-hybridized carbons (Fsp3) is 0.0943. The summed E-state index contributed by atoms with van der Waals surface area (Å²) in [5.74, 6) is 0. The summed E-state index contributed by atoms with van der Waals surface area (Å²) in [5.41, 5.74) is 18.2. The monoisotopic (exact) mass is 676 g/mol. The first-order chi connectivity index (χ1) is 25.9. The van der Waals surface area contributed by atoms with E-state index in [1.54, 1.807) is 0 Å². The molecule has 0 nitrogen and oxygen atoms in total. The van der Waals surface area contributed by atoms with Crippen molar-refractivity contribution in [3.8, 4) is 55.6 Å². The summed E-state index contributed by atoms with van der Waals surface area (Å²) < 4.78 is 0. The van der Waals surface area contributed by atoms with E-state index >= 15 is 0 Å². The number of rotatable bonds is 4. The largest absolute Gasteiger partial charge is 0.0620 e. The minimum Gasteiger partial charge on any atom is -0.0620 e. The van der Waals surface area contributed by atoms with E-state index in [1.807, 2.05) is 0 Å². The van der Waals surface area contributed by atoms with Crippen LogP contribution in [0.3, 0.4) is 0 Å². The number of hydrogen-bond acceptors (Lipinski definition) is 0. The van der Waals surface area contributed by atoms with Gasteiger partial charge < -0.3 is 0 Å². The van der Waals surface area contributed by atoms with Gasteiger partial charge in [0.1, 0.15) is 0 Å². The molecule has 0 aromatic heterocycles. The average molecular weight is 677 g/mol.